The standard InChI is InChI=1S/C20H15F3O6/c1-13(24)27-12-19(26)29-17-8-3-2-7-16(17)28-18(25)10-9-14-5-4-6-15(11-14)20(21,22)23/h2-11H,12H2,1H3/b10-9+. The van der Waals surface area contributed by atoms with Crippen molar-refractivity contribution in [1.29, 1.82) is 0 Å². The van der Waals surface area contributed by atoms with Crippen molar-refractivity contribution >= 4 is 24.0 Å². The minimum Gasteiger partial charge on any atom is -0.454 e. The number of ether oxygens (including phenoxy) is 3. The Morgan fingerprint density at radius 3 is 2.24 bits per heavy atom. The monoisotopic (exact) mass is 408 g/mol. The second-order valence-corrected chi connectivity index (χ2v) is 5.58. The van der Waals surface area contributed by atoms with E-state index in [1.165, 1.54) is 36.4 Å². The van der Waals surface area contributed by atoms with Crippen molar-refractivity contribution in [3.05, 3.63) is 65.7 Å². The highest BCUT2D eigenvalue weighted by atomic mass is 19.4. The van der Waals surface area contributed by atoms with Crippen LogP contribution in [0, 0.1) is 0 Å². The highest BCUT2D eigenvalue weighted by molar-refractivity contribution is 5.89. The molecule has 2 aromatic rings. The summed E-state index contributed by atoms with van der Waals surface area (Å²) in [6.45, 7) is 0.507. The number of halogens is 3. The Hall–Kier alpha value is -3.62. The average Bonchev–Trinajstić information content (AvgIpc) is 2.66. The number of hydrogen-bond acceptors (Lipinski definition) is 6. The van der Waals surface area contributed by atoms with E-state index in [2.05, 4.69) is 4.74 Å². The Bertz CT molecular complexity index is 934. The summed E-state index contributed by atoms with van der Waals surface area (Å²) >= 11 is 0. The molecule has 9 heteroatoms. The van der Waals surface area contributed by atoms with Gasteiger partial charge in [0, 0.05) is 13.0 Å². The Labute approximate surface area is 163 Å². The van der Waals surface area contributed by atoms with Gasteiger partial charge in [0.05, 0.1) is 5.56 Å². The van der Waals surface area contributed by atoms with Crippen LogP contribution in [0.15, 0.2) is 54.6 Å². The van der Waals surface area contributed by atoms with Gasteiger partial charge in [-0.2, -0.15) is 13.2 Å². The van der Waals surface area contributed by atoms with Gasteiger partial charge in [0.15, 0.2) is 18.1 Å². The number of para-hydroxylation sites is 2. The van der Waals surface area contributed by atoms with E-state index in [0.717, 1.165) is 31.2 Å². The van der Waals surface area contributed by atoms with Crippen molar-refractivity contribution in [3.8, 4) is 11.5 Å². The van der Waals surface area contributed by atoms with E-state index >= 15 is 0 Å². The van der Waals surface area contributed by atoms with E-state index in [-0.39, 0.29) is 17.1 Å². The maximum atomic E-state index is 12.7. The van der Waals surface area contributed by atoms with Gasteiger partial charge >= 0.3 is 24.1 Å². The number of rotatable bonds is 6. The zero-order valence-electron chi connectivity index (χ0n) is 15.1. The van der Waals surface area contributed by atoms with Crippen molar-refractivity contribution in [2.45, 2.75) is 13.1 Å². The predicted octanol–water partition coefficient (Wildman–Crippen LogP) is 3.79. The molecule has 2 aromatic carbocycles. The van der Waals surface area contributed by atoms with Gasteiger partial charge in [0.2, 0.25) is 0 Å². The molecule has 0 saturated heterocycles. The molecule has 0 heterocycles. The Morgan fingerprint density at radius 1 is 0.966 bits per heavy atom. The number of esters is 3. The molecule has 29 heavy (non-hydrogen) atoms. The van der Waals surface area contributed by atoms with E-state index in [4.69, 9.17) is 9.47 Å². The first-order valence-electron chi connectivity index (χ1n) is 8.15. The lowest BCUT2D eigenvalue weighted by molar-refractivity contribution is -0.152. The van der Waals surface area contributed by atoms with Crippen molar-refractivity contribution in [2.75, 3.05) is 6.61 Å². The lowest BCUT2D eigenvalue weighted by atomic mass is 10.1. The van der Waals surface area contributed by atoms with Crippen LogP contribution in [0.2, 0.25) is 0 Å². The van der Waals surface area contributed by atoms with Gasteiger partial charge in [-0.1, -0.05) is 24.3 Å². The summed E-state index contributed by atoms with van der Waals surface area (Å²) in [5.74, 6) is -2.64. The summed E-state index contributed by atoms with van der Waals surface area (Å²) in [6.07, 6.45) is -2.40. The van der Waals surface area contributed by atoms with Crippen LogP contribution in [-0.2, 0) is 25.3 Å². The third kappa shape index (κ3) is 7.13. The van der Waals surface area contributed by atoms with Crippen molar-refractivity contribution in [2.24, 2.45) is 0 Å². The SMILES string of the molecule is CC(=O)OCC(=O)Oc1ccccc1OC(=O)/C=C/c1cccc(C(F)(F)F)c1. The van der Waals surface area contributed by atoms with Crippen LogP contribution < -0.4 is 9.47 Å². The van der Waals surface area contributed by atoms with Crippen molar-refractivity contribution in [1.82, 2.24) is 0 Å². The molecular weight excluding hydrogens is 393 g/mol. The lowest BCUT2D eigenvalue weighted by Crippen LogP contribution is -2.18. The maximum absolute atomic E-state index is 12.7. The van der Waals surface area contributed by atoms with Crippen LogP contribution in [0.1, 0.15) is 18.1 Å². The quantitative estimate of drug-likeness (QED) is 0.411. The van der Waals surface area contributed by atoms with Gasteiger partial charge in [0.25, 0.3) is 0 Å². The minimum absolute atomic E-state index is 0.0922. The fourth-order valence-corrected chi connectivity index (χ4v) is 2.06. The highest BCUT2D eigenvalue weighted by Gasteiger charge is 2.30. The summed E-state index contributed by atoms with van der Waals surface area (Å²) in [5.41, 5.74) is -0.698. The summed E-state index contributed by atoms with van der Waals surface area (Å²) < 4.78 is 52.7. The van der Waals surface area contributed by atoms with Gasteiger partial charge in [-0.3, -0.25) is 4.79 Å². The van der Waals surface area contributed by atoms with Gasteiger partial charge in [0.1, 0.15) is 0 Å². The zero-order chi connectivity index (χ0) is 21.4. The third-order valence-corrected chi connectivity index (χ3v) is 3.30. The molecule has 152 valence electrons. The van der Waals surface area contributed by atoms with E-state index < -0.39 is 36.3 Å². The van der Waals surface area contributed by atoms with Gasteiger partial charge in [-0.15, -0.1) is 0 Å². The molecule has 0 radical (unpaired) electrons. The van der Waals surface area contributed by atoms with E-state index in [0.29, 0.717) is 0 Å². The van der Waals surface area contributed by atoms with Gasteiger partial charge in [-0.05, 0) is 35.9 Å². The number of benzene rings is 2. The van der Waals surface area contributed by atoms with Crippen LogP contribution in [0.25, 0.3) is 6.08 Å². The fourth-order valence-electron chi connectivity index (χ4n) is 2.06. The number of hydrogen-bond donors (Lipinski definition) is 0. The van der Waals surface area contributed by atoms with Crippen LogP contribution in [-0.4, -0.2) is 24.5 Å². The second kappa shape index (κ2) is 9.54. The van der Waals surface area contributed by atoms with Crippen LogP contribution in [0.4, 0.5) is 13.2 Å². The first-order valence-corrected chi connectivity index (χ1v) is 8.15. The lowest BCUT2D eigenvalue weighted by Gasteiger charge is -2.09. The minimum atomic E-state index is -4.50. The number of carbonyl (C=O) groups is 3. The van der Waals surface area contributed by atoms with E-state index in [1.807, 2.05) is 0 Å². The van der Waals surface area contributed by atoms with Crippen LogP contribution in [0.5, 0.6) is 11.5 Å². The average molecular weight is 408 g/mol. The first-order chi connectivity index (χ1) is 13.6. The maximum Gasteiger partial charge on any atom is 0.416 e. The summed E-state index contributed by atoms with van der Waals surface area (Å²) in [6, 6.07) is 10.1. The van der Waals surface area contributed by atoms with Gasteiger partial charge in [-0.25, -0.2) is 9.59 Å². The molecule has 0 aliphatic rings. The molecule has 0 saturated carbocycles. The molecule has 0 amide bonds. The van der Waals surface area contributed by atoms with E-state index in [9.17, 15) is 27.6 Å². The first kappa shape index (κ1) is 21.7. The molecule has 0 bridgehead atoms. The molecule has 2 rings (SSSR count). The zero-order valence-corrected chi connectivity index (χ0v) is 15.1. The second-order valence-electron chi connectivity index (χ2n) is 5.58. The molecular formula is C20H15F3O6. The highest BCUT2D eigenvalue weighted by Crippen LogP contribution is 2.30. The number of carbonyl (C=O) groups excluding carboxylic acids is 3. The topological polar surface area (TPSA) is 78.9 Å². The Morgan fingerprint density at radius 2 is 1.62 bits per heavy atom. The largest absolute Gasteiger partial charge is 0.454 e. The Kier molecular flexibility index (Phi) is 7.13. The summed E-state index contributed by atoms with van der Waals surface area (Å²) in [7, 11) is 0. The van der Waals surface area contributed by atoms with Gasteiger partial charge < -0.3 is 14.2 Å². The van der Waals surface area contributed by atoms with Crippen LogP contribution in [0.3, 0.4) is 0 Å². The normalized spacial score (nSPS) is 11.2. The predicted molar refractivity (Wildman–Crippen MR) is 94.8 cm³/mol. The van der Waals surface area contributed by atoms with Crippen molar-refractivity contribution in [3.63, 3.8) is 0 Å². The third-order valence-electron chi connectivity index (χ3n) is 3.30. The molecule has 0 unspecified atom stereocenters. The Balaban J connectivity index is 2.05. The summed E-state index contributed by atoms with van der Waals surface area (Å²) in [4.78, 5) is 34.3. The van der Waals surface area contributed by atoms with Crippen molar-refractivity contribution < 1.29 is 41.8 Å². The molecule has 0 aliphatic heterocycles. The summed E-state index contributed by atoms with van der Waals surface area (Å²) in [5, 5.41) is 0. The van der Waals surface area contributed by atoms with E-state index in [1.54, 1.807) is 0 Å². The molecule has 6 nitrogen and oxygen atoms in total. The van der Waals surface area contributed by atoms with Crippen LogP contribution >= 0.6 is 0 Å². The fraction of sp³-hybridized carbons (Fsp3) is 0.150. The molecule has 0 atom stereocenters. The molecule has 0 spiro atoms. The smallest absolute Gasteiger partial charge is 0.416 e. The number of alkyl halides is 3. The molecule has 0 N–H and O–H groups in total. The molecule has 0 aliphatic carbocycles. The molecule has 0 fully saturated rings. The molecule has 0 aromatic heterocycles.